The fraction of sp³-hybridized carbons (Fsp3) is 0.600. The monoisotopic (exact) mass is 226 g/mol. The maximum absolute atomic E-state index is 11.9. The minimum Gasteiger partial charge on any atom is -0.396 e. The van der Waals surface area contributed by atoms with Gasteiger partial charge in [-0.3, -0.25) is 4.79 Å². The number of rotatable bonds is 2. The summed E-state index contributed by atoms with van der Waals surface area (Å²) in [6, 6.07) is 0. The highest BCUT2D eigenvalue weighted by Gasteiger charge is 2.27. The Morgan fingerprint density at radius 1 is 1.80 bits per heavy atom. The normalized spacial score (nSPS) is 20.9. The van der Waals surface area contributed by atoms with Crippen LogP contribution in [0.4, 0.5) is 0 Å². The van der Waals surface area contributed by atoms with E-state index in [4.69, 9.17) is 5.11 Å². The maximum atomic E-state index is 11.9. The van der Waals surface area contributed by atoms with Crippen LogP contribution in [0.15, 0.2) is 5.38 Å². The molecule has 5 heteroatoms. The minimum absolute atomic E-state index is 0.00435. The summed E-state index contributed by atoms with van der Waals surface area (Å²) in [5.41, 5.74) is 0.538. The number of thiazole rings is 1. The second kappa shape index (κ2) is 4.28. The van der Waals surface area contributed by atoms with E-state index < -0.39 is 0 Å². The fourth-order valence-electron chi connectivity index (χ4n) is 1.79. The number of hydrogen-bond donors (Lipinski definition) is 1. The minimum atomic E-state index is -0.00435. The van der Waals surface area contributed by atoms with Crippen molar-refractivity contribution in [2.75, 3.05) is 19.7 Å². The first-order chi connectivity index (χ1) is 7.20. The van der Waals surface area contributed by atoms with Gasteiger partial charge in [-0.25, -0.2) is 4.98 Å². The zero-order valence-corrected chi connectivity index (χ0v) is 9.46. The highest BCUT2D eigenvalue weighted by atomic mass is 32.1. The van der Waals surface area contributed by atoms with Gasteiger partial charge in [0, 0.05) is 31.0 Å². The lowest BCUT2D eigenvalue weighted by molar-refractivity contribution is 0.0776. The molecule has 1 aromatic rings. The van der Waals surface area contributed by atoms with Crippen LogP contribution in [0.3, 0.4) is 0 Å². The van der Waals surface area contributed by atoms with Crippen LogP contribution in [0.25, 0.3) is 0 Å². The maximum Gasteiger partial charge on any atom is 0.273 e. The van der Waals surface area contributed by atoms with Gasteiger partial charge in [0.05, 0.1) is 5.01 Å². The number of aryl methyl sites for hydroxylation is 1. The molecule has 82 valence electrons. The van der Waals surface area contributed by atoms with Crippen LogP contribution in [-0.2, 0) is 0 Å². The Labute approximate surface area is 92.6 Å². The van der Waals surface area contributed by atoms with E-state index in [1.165, 1.54) is 11.3 Å². The standard InChI is InChI=1S/C10H14N2O2S/c1-7-11-9(6-15-7)10(14)12-3-2-8(4-12)5-13/h6,8,13H,2-5H2,1H3/t8-/m0/s1. The first kappa shape index (κ1) is 10.6. The molecule has 0 radical (unpaired) electrons. The predicted molar refractivity (Wildman–Crippen MR) is 57.9 cm³/mol. The summed E-state index contributed by atoms with van der Waals surface area (Å²) in [7, 11) is 0. The largest absolute Gasteiger partial charge is 0.396 e. The van der Waals surface area contributed by atoms with Crippen molar-refractivity contribution in [2.45, 2.75) is 13.3 Å². The van der Waals surface area contributed by atoms with Gasteiger partial charge in [0.15, 0.2) is 0 Å². The fourth-order valence-corrected chi connectivity index (χ4v) is 2.38. The lowest BCUT2D eigenvalue weighted by Crippen LogP contribution is -2.29. The van der Waals surface area contributed by atoms with Gasteiger partial charge in [0.1, 0.15) is 5.69 Å². The number of aliphatic hydroxyl groups is 1. The molecule has 0 saturated carbocycles. The third-order valence-corrected chi connectivity index (χ3v) is 3.44. The van der Waals surface area contributed by atoms with E-state index in [1.807, 2.05) is 6.92 Å². The van der Waals surface area contributed by atoms with E-state index in [9.17, 15) is 4.79 Å². The highest BCUT2D eigenvalue weighted by molar-refractivity contribution is 7.09. The van der Waals surface area contributed by atoms with Crippen molar-refractivity contribution in [1.29, 1.82) is 0 Å². The van der Waals surface area contributed by atoms with Crippen LogP contribution < -0.4 is 0 Å². The number of aromatic nitrogens is 1. The van der Waals surface area contributed by atoms with E-state index in [2.05, 4.69) is 4.98 Å². The molecule has 2 heterocycles. The first-order valence-corrected chi connectivity index (χ1v) is 5.91. The second-order valence-corrected chi connectivity index (χ2v) is 4.90. The van der Waals surface area contributed by atoms with Crippen molar-refractivity contribution in [3.8, 4) is 0 Å². The molecule has 1 aromatic heterocycles. The van der Waals surface area contributed by atoms with Crippen molar-refractivity contribution in [3.63, 3.8) is 0 Å². The number of likely N-dealkylation sites (tertiary alicyclic amines) is 1. The molecule has 1 aliphatic heterocycles. The average molecular weight is 226 g/mol. The first-order valence-electron chi connectivity index (χ1n) is 5.03. The molecule has 0 spiro atoms. The Balaban J connectivity index is 2.03. The number of hydrogen-bond acceptors (Lipinski definition) is 4. The molecular weight excluding hydrogens is 212 g/mol. The van der Waals surface area contributed by atoms with Gasteiger partial charge >= 0.3 is 0 Å². The van der Waals surface area contributed by atoms with Crippen LogP contribution in [0.2, 0.25) is 0 Å². The van der Waals surface area contributed by atoms with E-state index in [1.54, 1.807) is 10.3 Å². The smallest absolute Gasteiger partial charge is 0.273 e. The lowest BCUT2D eigenvalue weighted by atomic mass is 10.1. The Morgan fingerprint density at radius 2 is 2.60 bits per heavy atom. The molecule has 0 aliphatic carbocycles. The third kappa shape index (κ3) is 2.18. The topological polar surface area (TPSA) is 53.4 Å². The molecule has 1 fully saturated rings. The molecule has 1 N–H and O–H groups in total. The third-order valence-electron chi connectivity index (χ3n) is 2.67. The molecule has 0 aromatic carbocycles. The molecule has 1 aliphatic rings. The van der Waals surface area contributed by atoms with Gasteiger partial charge in [-0.2, -0.15) is 0 Å². The molecule has 1 atom stereocenters. The summed E-state index contributed by atoms with van der Waals surface area (Å²) < 4.78 is 0. The summed E-state index contributed by atoms with van der Waals surface area (Å²) in [4.78, 5) is 17.9. The number of aliphatic hydroxyl groups excluding tert-OH is 1. The number of nitrogens with zero attached hydrogens (tertiary/aromatic N) is 2. The van der Waals surface area contributed by atoms with Crippen molar-refractivity contribution < 1.29 is 9.90 Å². The average Bonchev–Trinajstić information content (AvgIpc) is 2.84. The zero-order chi connectivity index (χ0) is 10.8. The SMILES string of the molecule is Cc1nc(C(=O)N2CC[C@H](CO)C2)cs1. The van der Waals surface area contributed by atoms with Crippen molar-refractivity contribution >= 4 is 17.2 Å². The van der Waals surface area contributed by atoms with E-state index >= 15 is 0 Å². The molecule has 0 bridgehead atoms. The van der Waals surface area contributed by atoms with E-state index in [-0.39, 0.29) is 18.4 Å². The highest BCUT2D eigenvalue weighted by Crippen LogP contribution is 2.18. The predicted octanol–water partition coefficient (Wildman–Crippen LogP) is 0.906. The zero-order valence-electron chi connectivity index (χ0n) is 8.64. The second-order valence-electron chi connectivity index (χ2n) is 3.84. The molecule has 1 amide bonds. The van der Waals surface area contributed by atoms with Crippen LogP contribution in [-0.4, -0.2) is 40.6 Å². The van der Waals surface area contributed by atoms with Crippen LogP contribution in [0, 0.1) is 12.8 Å². The quantitative estimate of drug-likeness (QED) is 0.815. The van der Waals surface area contributed by atoms with Crippen LogP contribution in [0.5, 0.6) is 0 Å². The van der Waals surface area contributed by atoms with Gasteiger partial charge in [0.25, 0.3) is 5.91 Å². The van der Waals surface area contributed by atoms with Gasteiger partial charge in [-0.05, 0) is 13.3 Å². The summed E-state index contributed by atoms with van der Waals surface area (Å²) in [5, 5.41) is 11.7. The van der Waals surface area contributed by atoms with Crippen LogP contribution in [0.1, 0.15) is 21.9 Å². The van der Waals surface area contributed by atoms with E-state index in [0.717, 1.165) is 18.0 Å². The van der Waals surface area contributed by atoms with E-state index in [0.29, 0.717) is 12.2 Å². The number of carbonyl (C=O) groups excluding carboxylic acids is 1. The van der Waals surface area contributed by atoms with Crippen LogP contribution >= 0.6 is 11.3 Å². The lowest BCUT2D eigenvalue weighted by Gasteiger charge is -2.14. The Morgan fingerprint density at radius 3 is 3.13 bits per heavy atom. The summed E-state index contributed by atoms with van der Waals surface area (Å²) in [5.74, 6) is 0.240. The Hall–Kier alpha value is -0.940. The summed E-state index contributed by atoms with van der Waals surface area (Å²) >= 11 is 1.49. The molecule has 2 rings (SSSR count). The number of carbonyl (C=O) groups is 1. The molecule has 4 nitrogen and oxygen atoms in total. The Kier molecular flexibility index (Phi) is 3.02. The Bertz CT molecular complexity index is 364. The van der Waals surface area contributed by atoms with Crippen molar-refractivity contribution in [3.05, 3.63) is 16.1 Å². The molecular formula is C10H14N2O2S. The number of amides is 1. The van der Waals surface area contributed by atoms with Gasteiger partial charge < -0.3 is 10.0 Å². The van der Waals surface area contributed by atoms with Crippen molar-refractivity contribution in [2.24, 2.45) is 5.92 Å². The molecule has 0 unspecified atom stereocenters. The summed E-state index contributed by atoms with van der Waals surface area (Å²) in [6.45, 7) is 3.45. The summed E-state index contributed by atoms with van der Waals surface area (Å²) in [6.07, 6.45) is 0.894. The molecule has 1 saturated heterocycles. The molecule has 15 heavy (non-hydrogen) atoms. The van der Waals surface area contributed by atoms with Gasteiger partial charge in [-0.1, -0.05) is 0 Å². The van der Waals surface area contributed by atoms with Gasteiger partial charge in [-0.15, -0.1) is 11.3 Å². The van der Waals surface area contributed by atoms with Crippen molar-refractivity contribution in [1.82, 2.24) is 9.88 Å². The van der Waals surface area contributed by atoms with Gasteiger partial charge in [0.2, 0.25) is 0 Å².